The van der Waals surface area contributed by atoms with E-state index >= 15 is 0 Å². The van der Waals surface area contributed by atoms with Crippen molar-refractivity contribution in [1.29, 1.82) is 5.41 Å². The summed E-state index contributed by atoms with van der Waals surface area (Å²) in [6, 6.07) is 12.3. The third kappa shape index (κ3) is 3.74. The summed E-state index contributed by atoms with van der Waals surface area (Å²) in [6.45, 7) is 0.654. The fourth-order valence-corrected chi connectivity index (χ4v) is 3.23. The van der Waals surface area contributed by atoms with Gasteiger partial charge in [-0.05, 0) is 48.6 Å². The minimum Gasteiger partial charge on any atom is -0.478 e. The fourth-order valence-electron chi connectivity index (χ4n) is 3.23. The summed E-state index contributed by atoms with van der Waals surface area (Å²) in [5.41, 5.74) is 9.11. The zero-order valence-corrected chi connectivity index (χ0v) is 14.4. The lowest BCUT2D eigenvalue weighted by Crippen LogP contribution is -2.35. The van der Waals surface area contributed by atoms with E-state index in [-0.39, 0.29) is 17.3 Å². The van der Waals surface area contributed by atoms with Crippen molar-refractivity contribution >= 4 is 23.4 Å². The molecule has 6 nitrogen and oxygen atoms in total. The van der Waals surface area contributed by atoms with E-state index in [0.29, 0.717) is 24.9 Å². The molecule has 0 aromatic heterocycles. The number of hydrogen-bond donors (Lipinski definition) is 3. The maximum Gasteiger partial charge on any atom is 0.335 e. The van der Waals surface area contributed by atoms with Crippen LogP contribution in [0, 0.1) is 5.41 Å². The molecule has 1 amide bonds. The Bertz CT molecular complexity index is 859. The Kier molecular flexibility index (Phi) is 5.02. The van der Waals surface area contributed by atoms with Crippen LogP contribution in [0.4, 0.5) is 5.69 Å². The molecule has 4 N–H and O–H groups in total. The number of carbonyl (C=O) groups excluding carboxylic acids is 1. The molecule has 0 saturated heterocycles. The van der Waals surface area contributed by atoms with Gasteiger partial charge in [-0.25, -0.2) is 4.79 Å². The van der Waals surface area contributed by atoms with Gasteiger partial charge in [-0.3, -0.25) is 10.2 Å². The average Bonchev–Trinajstić information content (AvgIpc) is 2.65. The lowest BCUT2D eigenvalue weighted by Gasteiger charge is -2.30. The lowest BCUT2D eigenvalue weighted by atomic mass is 9.98. The van der Waals surface area contributed by atoms with Gasteiger partial charge in [-0.15, -0.1) is 0 Å². The number of fused-ring (bicyclic) bond motifs is 1. The van der Waals surface area contributed by atoms with Crippen molar-refractivity contribution < 1.29 is 14.7 Å². The van der Waals surface area contributed by atoms with E-state index in [4.69, 9.17) is 16.2 Å². The van der Waals surface area contributed by atoms with Crippen LogP contribution >= 0.6 is 0 Å². The Hall–Kier alpha value is -3.15. The smallest absolute Gasteiger partial charge is 0.335 e. The number of carboxylic acid groups (broad SMARTS) is 1. The first-order valence-corrected chi connectivity index (χ1v) is 8.55. The summed E-state index contributed by atoms with van der Waals surface area (Å²) in [6.07, 6.45) is 2.59. The average molecular weight is 351 g/mol. The van der Waals surface area contributed by atoms with Gasteiger partial charge in [0.25, 0.3) is 0 Å². The number of hydrogen-bond acceptors (Lipinski definition) is 3. The third-order valence-corrected chi connectivity index (χ3v) is 4.64. The molecule has 0 radical (unpaired) electrons. The Morgan fingerprint density at radius 1 is 1.12 bits per heavy atom. The van der Waals surface area contributed by atoms with Crippen molar-refractivity contribution in [3.05, 3.63) is 64.7 Å². The van der Waals surface area contributed by atoms with Crippen molar-refractivity contribution in [3.63, 3.8) is 0 Å². The molecule has 3 rings (SSSR count). The van der Waals surface area contributed by atoms with Crippen LogP contribution in [0.2, 0.25) is 0 Å². The molecule has 2 aromatic carbocycles. The molecular weight excluding hydrogens is 330 g/mol. The van der Waals surface area contributed by atoms with Gasteiger partial charge >= 0.3 is 5.97 Å². The lowest BCUT2D eigenvalue weighted by molar-refractivity contribution is -0.118. The zero-order valence-electron chi connectivity index (χ0n) is 14.4. The monoisotopic (exact) mass is 351 g/mol. The van der Waals surface area contributed by atoms with Crippen LogP contribution < -0.4 is 10.6 Å². The van der Waals surface area contributed by atoms with E-state index in [1.165, 1.54) is 0 Å². The number of aromatic carboxylic acids is 1. The SMILES string of the molecule is N=C(N)c1ccc(CCC(=O)N2CCCc3cc(C(=O)O)ccc32)cc1. The number of nitrogen functional groups attached to an aromatic ring is 1. The van der Waals surface area contributed by atoms with Crippen LogP contribution in [0.15, 0.2) is 42.5 Å². The van der Waals surface area contributed by atoms with Crippen LogP contribution in [0.25, 0.3) is 0 Å². The van der Waals surface area contributed by atoms with Gasteiger partial charge in [0, 0.05) is 24.2 Å². The van der Waals surface area contributed by atoms with Crippen molar-refractivity contribution in [2.45, 2.75) is 25.7 Å². The van der Waals surface area contributed by atoms with Gasteiger partial charge < -0.3 is 15.7 Å². The van der Waals surface area contributed by atoms with Crippen molar-refractivity contribution in [1.82, 2.24) is 0 Å². The van der Waals surface area contributed by atoms with E-state index in [9.17, 15) is 9.59 Å². The number of amidine groups is 1. The maximum atomic E-state index is 12.7. The quantitative estimate of drug-likeness (QED) is 0.568. The molecule has 0 fully saturated rings. The molecule has 0 atom stereocenters. The number of nitrogens with two attached hydrogens (primary N) is 1. The number of aryl methyl sites for hydroxylation is 2. The van der Waals surface area contributed by atoms with E-state index in [1.807, 2.05) is 12.1 Å². The summed E-state index contributed by atoms with van der Waals surface area (Å²) >= 11 is 0. The molecular formula is C20H21N3O3. The van der Waals surface area contributed by atoms with Gasteiger partial charge in [0.1, 0.15) is 5.84 Å². The second kappa shape index (κ2) is 7.39. The first-order valence-electron chi connectivity index (χ1n) is 8.55. The first kappa shape index (κ1) is 17.7. The number of anilines is 1. The van der Waals surface area contributed by atoms with Gasteiger partial charge in [0.2, 0.25) is 5.91 Å². The summed E-state index contributed by atoms with van der Waals surface area (Å²) in [4.78, 5) is 25.6. The molecule has 0 saturated carbocycles. The van der Waals surface area contributed by atoms with Crippen molar-refractivity contribution in [2.24, 2.45) is 5.73 Å². The largest absolute Gasteiger partial charge is 0.478 e. The molecule has 134 valence electrons. The third-order valence-electron chi connectivity index (χ3n) is 4.64. The number of carboxylic acids is 1. The number of benzene rings is 2. The summed E-state index contributed by atoms with van der Waals surface area (Å²) < 4.78 is 0. The van der Waals surface area contributed by atoms with Crippen LogP contribution in [0.1, 0.15) is 39.9 Å². The molecule has 2 aromatic rings. The summed E-state index contributed by atoms with van der Waals surface area (Å²) in [5.74, 6) is -0.895. The van der Waals surface area contributed by atoms with Crippen LogP contribution in [0.3, 0.4) is 0 Å². The van der Waals surface area contributed by atoms with E-state index in [0.717, 1.165) is 29.7 Å². The number of amides is 1. The number of rotatable bonds is 5. The Labute approximate surface area is 151 Å². The molecule has 6 heteroatoms. The second-order valence-corrected chi connectivity index (χ2v) is 6.41. The van der Waals surface area contributed by atoms with Gasteiger partial charge in [0.15, 0.2) is 0 Å². The number of carbonyl (C=O) groups is 2. The Morgan fingerprint density at radius 3 is 2.46 bits per heavy atom. The highest BCUT2D eigenvalue weighted by atomic mass is 16.4. The molecule has 26 heavy (non-hydrogen) atoms. The van der Waals surface area contributed by atoms with E-state index < -0.39 is 5.97 Å². The highest BCUT2D eigenvalue weighted by Gasteiger charge is 2.23. The highest BCUT2D eigenvalue weighted by Crippen LogP contribution is 2.29. The van der Waals surface area contributed by atoms with Gasteiger partial charge in [-0.1, -0.05) is 24.3 Å². The standard InChI is InChI=1S/C20H21N3O3/c21-19(22)14-6-3-13(4-7-14)5-10-18(24)23-11-1-2-15-12-16(20(25)26)8-9-17(15)23/h3-4,6-9,12H,1-2,5,10-11H2,(H3,21,22)(H,25,26). The normalized spacial score (nSPS) is 13.2. The van der Waals surface area contributed by atoms with Gasteiger partial charge in [0.05, 0.1) is 5.56 Å². The molecule has 1 heterocycles. The van der Waals surface area contributed by atoms with E-state index in [1.54, 1.807) is 35.2 Å². The molecule has 0 aliphatic carbocycles. The van der Waals surface area contributed by atoms with Crippen molar-refractivity contribution in [3.8, 4) is 0 Å². The van der Waals surface area contributed by atoms with Crippen LogP contribution in [-0.4, -0.2) is 29.4 Å². The summed E-state index contributed by atoms with van der Waals surface area (Å²) in [7, 11) is 0. The van der Waals surface area contributed by atoms with Crippen LogP contribution in [-0.2, 0) is 17.6 Å². The predicted molar refractivity (Wildman–Crippen MR) is 99.9 cm³/mol. The highest BCUT2D eigenvalue weighted by molar-refractivity contribution is 5.96. The topological polar surface area (TPSA) is 107 Å². The minimum absolute atomic E-state index is 0.0262. The van der Waals surface area contributed by atoms with Gasteiger partial charge in [-0.2, -0.15) is 0 Å². The Morgan fingerprint density at radius 2 is 1.81 bits per heavy atom. The summed E-state index contributed by atoms with van der Waals surface area (Å²) in [5, 5.41) is 16.5. The van der Waals surface area contributed by atoms with Crippen LogP contribution in [0.5, 0.6) is 0 Å². The molecule has 0 spiro atoms. The zero-order chi connectivity index (χ0) is 18.7. The number of nitrogens with one attached hydrogen (secondary N) is 1. The maximum absolute atomic E-state index is 12.7. The predicted octanol–water partition coefficient (Wildman–Crippen LogP) is 2.58. The fraction of sp³-hybridized carbons (Fsp3) is 0.250. The molecule has 0 bridgehead atoms. The molecule has 1 aliphatic heterocycles. The Balaban J connectivity index is 1.69. The van der Waals surface area contributed by atoms with E-state index in [2.05, 4.69) is 0 Å². The first-order chi connectivity index (χ1) is 12.5. The minimum atomic E-state index is -0.953. The second-order valence-electron chi connectivity index (χ2n) is 6.41. The number of nitrogens with zero attached hydrogens (tertiary/aromatic N) is 1. The van der Waals surface area contributed by atoms with Crippen molar-refractivity contribution in [2.75, 3.05) is 11.4 Å². The molecule has 1 aliphatic rings. The molecule has 0 unspecified atom stereocenters.